The minimum atomic E-state index is -0.348. The fourth-order valence-electron chi connectivity index (χ4n) is 1.92. The predicted octanol–water partition coefficient (Wildman–Crippen LogP) is 3.83. The zero-order valence-corrected chi connectivity index (χ0v) is 13.5. The van der Waals surface area contributed by atoms with Crippen molar-refractivity contribution < 1.29 is 13.9 Å². The number of hydrogen-bond acceptors (Lipinski definition) is 6. The van der Waals surface area contributed by atoms with E-state index >= 15 is 0 Å². The molecule has 6 nitrogen and oxygen atoms in total. The van der Waals surface area contributed by atoms with Crippen LogP contribution in [0.1, 0.15) is 35.1 Å². The first-order valence-electron chi connectivity index (χ1n) is 7.02. The number of carbonyl (C=O) groups is 1. The Balaban J connectivity index is 1.64. The van der Waals surface area contributed by atoms with Gasteiger partial charge < -0.3 is 9.15 Å². The van der Waals surface area contributed by atoms with E-state index in [1.165, 1.54) is 17.6 Å². The number of benzene rings is 1. The Morgan fingerprint density at radius 1 is 1.30 bits per heavy atom. The Hall–Kier alpha value is -2.67. The minimum absolute atomic E-state index is 0.214. The highest BCUT2D eigenvalue weighted by Crippen LogP contribution is 2.25. The van der Waals surface area contributed by atoms with E-state index in [2.05, 4.69) is 15.3 Å². The third kappa shape index (κ3) is 3.75. The van der Waals surface area contributed by atoms with Gasteiger partial charge in [-0.3, -0.25) is 10.1 Å². The number of oxazole rings is 1. The molecule has 3 aromatic rings. The molecule has 2 heterocycles. The highest BCUT2D eigenvalue weighted by molar-refractivity contribution is 7.14. The summed E-state index contributed by atoms with van der Waals surface area (Å²) < 4.78 is 10.8. The number of aromatic nitrogens is 2. The number of nitrogens with one attached hydrogen (secondary N) is 1. The summed E-state index contributed by atoms with van der Waals surface area (Å²) in [5.74, 6) is 0.871. The van der Waals surface area contributed by atoms with Crippen LogP contribution < -0.4 is 10.1 Å². The van der Waals surface area contributed by atoms with Crippen molar-refractivity contribution in [3.63, 3.8) is 0 Å². The van der Waals surface area contributed by atoms with Gasteiger partial charge in [0.15, 0.2) is 16.7 Å². The maximum absolute atomic E-state index is 12.0. The van der Waals surface area contributed by atoms with Gasteiger partial charge in [-0.25, -0.2) is 9.97 Å². The van der Waals surface area contributed by atoms with E-state index in [4.69, 9.17) is 9.15 Å². The maximum atomic E-state index is 12.0. The summed E-state index contributed by atoms with van der Waals surface area (Å²) in [6, 6.07) is 9.53. The Morgan fingerprint density at radius 3 is 2.78 bits per heavy atom. The molecule has 0 fully saturated rings. The van der Waals surface area contributed by atoms with Crippen LogP contribution in [0, 0.1) is 6.92 Å². The quantitative estimate of drug-likeness (QED) is 0.769. The van der Waals surface area contributed by atoms with Gasteiger partial charge in [0.05, 0.1) is 5.69 Å². The summed E-state index contributed by atoms with van der Waals surface area (Å²) in [5, 5.41) is 5.05. The van der Waals surface area contributed by atoms with E-state index in [1.54, 1.807) is 6.92 Å². The van der Waals surface area contributed by atoms with Crippen LogP contribution in [0.2, 0.25) is 0 Å². The molecule has 1 N–H and O–H groups in total. The molecule has 0 aliphatic heterocycles. The lowest BCUT2D eigenvalue weighted by Gasteiger charge is -2.12. The lowest BCUT2D eigenvalue weighted by atomic mass is 10.3. The van der Waals surface area contributed by atoms with Gasteiger partial charge in [0, 0.05) is 12.3 Å². The zero-order valence-electron chi connectivity index (χ0n) is 12.6. The molecular formula is C16H15N3O3S. The lowest BCUT2D eigenvalue weighted by Crippen LogP contribution is -2.12. The zero-order chi connectivity index (χ0) is 16.2. The van der Waals surface area contributed by atoms with Gasteiger partial charge in [0.2, 0.25) is 0 Å². The first-order valence-corrected chi connectivity index (χ1v) is 7.90. The summed E-state index contributed by atoms with van der Waals surface area (Å²) in [4.78, 5) is 20.4. The first kappa shape index (κ1) is 15.2. The Labute approximate surface area is 137 Å². The predicted molar refractivity (Wildman–Crippen MR) is 86.8 cm³/mol. The third-order valence-corrected chi connectivity index (χ3v) is 3.84. The highest BCUT2D eigenvalue weighted by Gasteiger charge is 2.15. The summed E-state index contributed by atoms with van der Waals surface area (Å²) in [6.07, 6.45) is 1.11. The van der Waals surface area contributed by atoms with Crippen molar-refractivity contribution in [2.45, 2.75) is 20.0 Å². The van der Waals surface area contributed by atoms with Crippen LogP contribution in [0.25, 0.3) is 0 Å². The molecule has 0 bridgehead atoms. The summed E-state index contributed by atoms with van der Waals surface area (Å²) in [7, 11) is 0. The number of para-hydroxylation sites is 1. The molecule has 0 spiro atoms. The number of amides is 1. The average Bonchev–Trinajstić information content (AvgIpc) is 3.17. The van der Waals surface area contributed by atoms with E-state index < -0.39 is 0 Å². The van der Waals surface area contributed by atoms with Crippen molar-refractivity contribution in [1.82, 2.24) is 9.97 Å². The van der Waals surface area contributed by atoms with E-state index in [9.17, 15) is 4.79 Å². The SMILES string of the molecule is Cc1nc(C(=O)Nc2nc(C(C)Oc3ccccc3)cs2)co1. The van der Waals surface area contributed by atoms with Crippen LogP contribution in [0.15, 0.2) is 46.4 Å². The average molecular weight is 329 g/mol. The largest absolute Gasteiger partial charge is 0.484 e. The molecule has 1 atom stereocenters. The van der Waals surface area contributed by atoms with Crippen molar-refractivity contribution in [2.75, 3.05) is 5.32 Å². The number of thiazole rings is 1. The molecule has 3 rings (SSSR count). The first-order chi connectivity index (χ1) is 11.1. The lowest BCUT2D eigenvalue weighted by molar-refractivity contribution is 0.102. The number of carbonyl (C=O) groups excluding carboxylic acids is 1. The Kier molecular flexibility index (Phi) is 4.38. The van der Waals surface area contributed by atoms with Gasteiger partial charge in [-0.15, -0.1) is 11.3 Å². The summed E-state index contributed by atoms with van der Waals surface area (Å²) in [6.45, 7) is 3.59. The fourth-order valence-corrected chi connectivity index (χ4v) is 2.71. The van der Waals surface area contributed by atoms with Gasteiger partial charge in [0.1, 0.15) is 18.1 Å². The third-order valence-electron chi connectivity index (χ3n) is 3.07. The van der Waals surface area contributed by atoms with Crippen LogP contribution in [0.3, 0.4) is 0 Å². The van der Waals surface area contributed by atoms with Gasteiger partial charge in [0.25, 0.3) is 5.91 Å². The molecule has 0 saturated carbocycles. The van der Waals surface area contributed by atoms with E-state index in [0.717, 1.165) is 11.4 Å². The van der Waals surface area contributed by atoms with Crippen LogP contribution in [0.5, 0.6) is 5.75 Å². The van der Waals surface area contributed by atoms with Crippen molar-refractivity contribution >= 4 is 22.4 Å². The molecule has 7 heteroatoms. The molecule has 0 saturated heterocycles. The van der Waals surface area contributed by atoms with Gasteiger partial charge in [-0.05, 0) is 19.1 Å². The highest BCUT2D eigenvalue weighted by atomic mass is 32.1. The molecule has 118 valence electrons. The smallest absolute Gasteiger partial charge is 0.279 e. The van der Waals surface area contributed by atoms with Crippen molar-refractivity contribution in [3.05, 3.63) is 59.3 Å². The van der Waals surface area contributed by atoms with Crippen molar-refractivity contribution in [1.29, 1.82) is 0 Å². The molecule has 0 aliphatic rings. The molecular weight excluding hydrogens is 314 g/mol. The second-order valence-corrected chi connectivity index (χ2v) is 5.71. The standard InChI is InChI=1S/C16H15N3O3S/c1-10(22-12-6-4-3-5-7-12)14-9-23-16(18-14)19-15(20)13-8-21-11(2)17-13/h3-10H,1-2H3,(H,18,19,20). The van der Waals surface area contributed by atoms with E-state index in [1.807, 2.05) is 42.6 Å². The number of aryl methyl sites for hydroxylation is 1. The summed E-state index contributed by atoms with van der Waals surface area (Å²) in [5.41, 5.74) is 0.985. The van der Waals surface area contributed by atoms with Gasteiger partial charge >= 0.3 is 0 Å². The normalized spacial score (nSPS) is 11.9. The van der Waals surface area contributed by atoms with Crippen molar-refractivity contribution in [3.8, 4) is 5.75 Å². The number of nitrogens with zero attached hydrogens (tertiary/aromatic N) is 2. The van der Waals surface area contributed by atoms with E-state index in [-0.39, 0.29) is 17.7 Å². The number of hydrogen-bond donors (Lipinski definition) is 1. The molecule has 1 amide bonds. The molecule has 0 aliphatic carbocycles. The molecule has 1 aromatic carbocycles. The minimum Gasteiger partial charge on any atom is -0.484 e. The maximum Gasteiger partial charge on any atom is 0.279 e. The number of rotatable bonds is 5. The molecule has 1 unspecified atom stereocenters. The van der Waals surface area contributed by atoms with Crippen LogP contribution in [-0.4, -0.2) is 15.9 Å². The number of ether oxygens (including phenoxy) is 1. The molecule has 0 radical (unpaired) electrons. The fraction of sp³-hybridized carbons (Fsp3) is 0.188. The van der Waals surface area contributed by atoms with Crippen LogP contribution >= 0.6 is 11.3 Å². The van der Waals surface area contributed by atoms with E-state index in [0.29, 0.717) is 11.0 Å². The topological polar surface area (TPSA) is 77.2 Å². The van der Waals surface area contributed by atoms with Crippen LogP contribution in [-0.2, 0) is 0 Å². The van der Waals surface area contributed by atoms with Gasteiger partial charge in [-0.2, -0.15) is 0 Å². The van der Waals surface area contributed by atoms with Gasteiger partial charge in [-0.1, -0.05) is 18.2 Å². The van der Waals surface area contributed by atoms with Crippen molar-refractivity contribution in [2.24, 2.45) is 0 Å². The Morgan fingerprint density at radius 2 is 2.09 bits per heavy atom. The van der Waals surface area contributed by atoms with Crippen LogP contribution in [0.4, 0.5) is 5.13 Å². The second-order valence-electron chi connectivity index (χ2n) is 4.86. The number of anilines is 1. The Bertz CT molecular complexity index is 798. The summed E-state index contributed by atoms with van der Waals surface area (Å²) >= 11 is 1.34. The second kappa shape index (κ2) is 6.62. The molecule has 23 heavy (non-hydrogen) atoms. The molecule has 2 aromatic heterocycles. The monoisotopic (exact) mass is 329 g/mol.